The zero-order chi connectivity index (χ0) is 24.8. The molecule has 0 atom stereocenters. The van der Waals surface area contributed by atoms with Crippen molar-refractivity contribution in [1.29, 1.82) is 0 Å². The van der Waals surface area contributed by atoms with E-state index >= 15 is 0 Å². The highest BCUT2D eigenvalue weighted by molar-refractivity contribution is 9.10. The average Bonchev–Trinajstić information content (AvgIpc) is 3.28. The molecule has 1 aromatic heterocycles. The van der Waals surface area contributed by atoms with Gasteiger partial charge in [-0.15, -0.1) is 10.2 Å². The van der Waals surface area contributed by atoms with Crippen LogP contribution in [-0.2, 0) is 4.79 Å². The number of hydrazone groups is 1. The number of amides is 1. The Kier molecular flexibility index (Phi) is 8.46. The van der Waals surface area contributed by atoms with Crippen LogP contribution in [0.3, 0.4) is 0 Å². The van der Waals surface area contributed by atoms with E-state index < -0.39 is 0 Å². The number of methoxy groups -OCH3 is 1. The molecule has 4 rings (SSSR count). The summed E-state index contributed by atoms with van der Waals surface area (Å²) in [6.07, 6.45) is 1.53. The molecular formula is C24H18BrCl2N5O2S. The molecule has 0 bridgehead atoms. The lowest BCUT2D eigenvalue weighted by Crippen LogP contribution is -2.20. The molecule has 1 amide bonds. The first-order valence-corrected chi connectivity index (χ1v) is 12.7. The third-order valence-corrected chi connectivity index (χ3v) is 6.66. The first kappa shape index (κ1) is 25.2. The Morgan fingerprint density at radius 1 is 1.09 bits per heavy atom. The fraction of sp³-hybridized carbons (Fsp3) is 0.0833. The predicted molar refractivity (Wildman–Crippen MR) is 144 cm³/mol. The molecule has 0 saturated heterocycles. The molecule has 1 N–H and O–H groups in total. The minimum atomic E-state index is -0.293. The van der Waals surface area contributed by atoms with Crippen molar-refractivity contribution >= 4 is 63.0 Å². The normalized spacial score (nSPS) is 11.1. The van der Waals surface area contributed by atoms with Crippen LogP contribution in [-0.4, -0.2) is 39.7 Å². The molecule has 3 aromatic carbocycles. The van der Waals surface area contributed by atoms with Gasteiger partial charge in [0, 0.05) is 31.3 Å². The lowest BCUT2D eigenvalue weighted by Gasteiger charge is -2.10. The Morgan fingerprint density at radius 3 is 2.46 bits per heavy atom. The Bertz CT molecular complexity index is 1360. The average molecular weight is 591 g/mol. The number of carbonyl (C=O) groups is 1. The highest BCUT2D eigenvalue weighted by Crippen LogP contribution is 2.29. The van der Waals surface area contributed by atoms with Crippen molar-refractivity contribution in [2.24, 2.45) is 5.10 Å². The van der Waals surface area contributed by atoms with Crippen molar-refractivity contribution in [3.8, 4) is 22.8 Å². The zero-order valence-corrected chi connectivity index (χ0v) is 22.2. The van der Waals surface area contributed by atoms with E-state index in [9.17, 15) is 4.79 Å². The van der Waals surface area contributed by atoms with Crippen LogP contribution in [0.15, 0.2) is 81.5 Å². The van der Waals surface area contributed by atoms with Gasteiger partial charge in [-0.2, -0.15) is 5.10 Å². The van der Waals surface area contributed by atoms with Crippen molar-refractivity contribution in [3.05, 3.63) is 86.8 Å². The van der Waals surface area contributed by atoms with Gasteiger partial charge in [0.1, 0.15) is 5.75 Å². The van der Waals surface area contributed by atoms with E-state index in [1.54, 1.807) is 31.4 Å². The monoisotopic (exact) mass is 589 g/mol. The molecule has 4 aromatic rings. The summed E-state index contributed by atoms with van der Waals surface area (Å²) in [6.45, 7) is 0. The smallest absolute Gasteiger partial charge is 0.250 e. The van der Waals surface area contributed by atoms with Crippen molar-refractivity contribution < 1.29 is 9.53 Å². The maximum Gasteiger partial charge on any atom is 0.250 e. The second-order valence-electron chi connectivity index (χ2n) is 7.09. The maximum absolute atomic E-state index is 12.5. The topological polar surface area (TPSA) is 81.4 Å². The van der Waals surface area contributed by atoms with Crippen molar-refractivity contribution in [1.82, 2.24) is 20.2 Å². The Balaban J connectivity index is 1.51. The lowest BCUT2D eigenvalue weighted by molar-refractivity contribution is -0.118. The van der Waals surface area contributed by atoms with Crippen LogP contribution in [0.1, 0.15) is 5.56 Å². The summed E-state index contributed by atoms with van der Waals surface area (Å²) in [6, 6.07) is 20.1. The van der Waals surface area contributed by atoms with E-state index in [2.05, 4.69) is 36.7 Å². The van der Waals surface area contributed by atoms with Gasteiger partial charge in [0.25, 0.3) is 5.91 Å². The van der Waals surface area contributed by atoms with Crippen LogP contribution in [0.2, 0.25) is 10.0 Å². The second-order valence-corrected chi connectivity index (χ2v) is 9.82. The van der Waals surface area contributed by atoms with Gasteiger partial charge in [0.05, 0.1) is 19.1 Å². The molecular weight excluding hydrogens is 573 g/mol. The Labute approximate surface area is 224 Å². The van der Waals surface area contributed by atoms with E-state index in [4.69, 9.17) is 27.9 Å². The van der Waals surface area contributed by atoms with Crippen molar-refractivity contribution in [2.75, 3.05) is 12.9 Å². The van der Waals surface area contributed by atoms with Gasteiger partial charge in [-0.25, -0.2) is 5.43 Å². The minimum absolute atomic E-state index is 0.0826. The number of nitrogens with zero attached hydrogens (tertiary/aromatic N) is 4. The molecule has 0 spiro atoms. The summed E-state index contributed by atoms with van der Waals surface area (Å²) < 4.78 is 8.05. The number of nitrogens with one attached hydrogen (secondary N) is 1. The Morgan fingerprint density at radius 2 is 1.77 bits per heavy atom. The van der Waals surface area contributed by atoms with Crippen molar-refractivity contribution in [3.63, 3.8) is 0 Å². The molecule has 11 heteroatoms. The van der Waals surface area contributed by atoms with Crippen LogP contribution in [0, 0.1) is 0 Å². The fourth-order valence-electron chi connectivity index (χ4n) is 3.11. The maximum atomic E-state index is 12.5. The molecule has 1 heterocycles. The van der Waals surface area contributed by atoms with Crippen LogP contribution in [0.25, 0.3) is 17.1 Å². The second kappa shape index (κ2) is 11.7. The zero-order valence-electron chi connectivity index (χ0n) is 18.3. The number of thioether (sulfide) groups is 1. The van der Waals surface area contributed by atoms with E-state index in [1.165, 1.54) is 18.0 Å². The van der Waals surface area contributed by atoms with Gasteiger partial charge < -0.3 is 4.74 Å². The van der Waals surface area contributed by atoms with Gasteiger partial charge in [-0.3, -0.25) is 9.36 Å². The first-order valence-electron chi connectivity index (χ1n) is 10.2. The fourth-order valence-corrected chi connectivity index (χ4v) is 4.49. The molecule has 7 nitrogen and oxygen atoms in total. The van der Waals surface area contributed by atoms with E-state index in [0.29, 0.717) is 26.8 Å². The molecule has 178 valence electrons. The first-order chi connectivity index (χ1) is 16.9. The summed E-state index contributed by atoms with van der Waals surface area (Å²) in [7, 11) is 1.57. The third kappa shape index (κ3) is 6.43. The molecule has 0 radical (unpaired) electrons. The number of hydrogen-bond donors (Lipinski definition) is 1. The molecule has 35 heavy (non-hydrogen) atoms. The van der Waals surface area contributed by atoms with Crippen LogP contribution < -0.4 is 10.2 Å². The number of halogens is 3. The molecule has 0 saturated carbocycles. The standard InChI is InChI=1S/C24H18BrCl2N5O2S/c1-34-21-11-4-17(25)12-16(21)13-28-29-22(33)14-35-24-31-30-23(15-2-5-18(26)6-3-15)32(24)20-9-7-19(27)8-10-20/h2-13H,14H2,1H3,(H,29,33). The number of carbonyl (C=O) groups excluding carboxylic acids is 1. The largest absolute Gasteiger partial charge is 0.496 e. The van der Waals surface area contributed by atoms with Gasteiger partial charge in [-0.1, -0.05) is 50.9 Å². The minimum Gasteiger partial charge on any atom is -0.496 e. The van der Waals surface area contributed by atoms with Crippen LogP contribution in [0.5, 0.6) is 5.75 Å². The van der Waals surface area contributed by atoms with Crippen LogP contribution in [0.4, 0.5) is 0 Å². The molecule has 0 aliphatic carbocycles. The summed E-state index contributed by atoms with van der Waals surface area (Å²) in [4.78, 5) is 12.5. The Hall–Kier alpha value is -2.85. The molecule has 0 aliphatic heterocycles. The number of benzene rings is 3. The van der Waals surface area contributed by atoms with E-state index in [1.807, 2.05) is 47.0 Å². The predicted octanol–water partition coefficient (Wildman–Crippen LogP) is 6.25. The van der Waals surface area contributed by atoms with Gasteiger partial charge >= 0.3 is 0 Å². The lowest BCUT2D eigenvalue weighted by atomic mass is 10.2. The number of ether oxygens (including phenoxy) is 1. The highest BCUT2D eigenvalue weighted by atomic mass is 79.9. The third-order valence-electron chi connectivity index (χ3n) is 4.74. The van der Waals surface area contributed by atoms with Gasteiger partial charge in [0.15, 0.2) is 11.0 Å². The summed E-state index contributed by atoms with van der Waals surface area (Å²) in [5.74, 6) is 1.05. The van der Waals surface area contributed by atoms with Gasteiger partial charge in [0.2, 0.25) is 0 Å². The van der Waals surface area contributed by atoms with E-state index in [0.717, 1.165) is 21.3 Å². The number of rotatable bonds is 8. The van der Waals surface area contributed by atoms with Gasteiger partial charge in [-0.05, 0) is 66.7 Å². The van der Waals surface area contributed by atoms with Crippen molar-refractivity contribution in [2.45, 2.75) is 5.16 Å². The summed E-state index contributed by atoms with van der Waals surface area (Å²) in [5.41, 5.74) is 4.91. The molecule has 0 unspecified atom stereocenters. The summed E-state index contributed by atoms with van der Waals surface area (Å²) >= 11 is 16.8. The van der Waals surface area contributed by atoms with E-state index in [-0.39, 0.29) is 11.7 Å². The number of hydrogen-bond acceptors (Lipinski definition) is 6. The number of aromatic nitrogens is 3. The molecule has 0 aliphatic rings. The quantitative estimate of drug-likeness (QED) is 0.149. The summed E-state index contributed by atoms with van der Waals surface area (Å²) in [5, 5.41) is 14.5. The van der Waals surface area contributed by atoms with Crippen LogP contribution >= 0.6 is 50.9 Å². The highest BCUT2D eigenvalue weighted by Gasteiger charge is 2.17. The molecule has 0 fully saturated rings. The SMILES string of the molecule is COc1ccc(Br)cc1C=NNC(=O)CSc1nnc(-c2ccc(Cl)cc2)n1-c1ccc(Cl)cc1.